The molecule has 0 saturated carbocycles. The number of hydrogen-bond donors (Lipinski definition) is 2. The smallest absolute Gasteiger partial charge is 0.234 e. The number of nitrogens with two attached hydrogens (primary N) is 1. The van der Waals surface area contributed by atoms with Crippen molar-refractivity contribution in [1.82, 2.24) is 10.2 Å². The second-order valence-electron chi connectivity index (χ2n) is 4.70. The normalized spacial score (nSPS) is 33.1. The van der Waals surface area contributed by atoms with Crippen molar-refractivity contribution >= 4 is 5.91 Å². The summed E-state index contributed by atoms with van der Waals surface area (Å²) in [4.78, 5) is 13.6. The van der Waals surface area contributed by atoms with Crippen LogP contribution in [0.25, 0.3) is 0 Å². The molecule has 2 saturated heterocycles. The Hall–Kier alpha value is -0.610. The van der Waals surface area contributed by atoms with Gasteiger partial charge in [0, 0.05) is 12.6 Å². The molecule has 2 unspecified atom stereocenters. The first-order valence-electron chi connectivity index (χ1n) is 6.04. The van der Waals surface area contributed by atoms with Crippen LogP contribution >= 0.6 is 0 Å². The van der Waals surface area contributed by atoms with E-state index in [1.54, 1.807) is 0 Å². The summed E-state index contributed by atoms with van der Waals surface area (Å²) in [6.45, 7) is 3.15. The van der Waals surface area contributed by atoms with Crippen LogP contribution in [0.3, 0.4) is 0 Å². The van der Waals surface area contributed by atoms with Crippen molar-refractivity contribution in [3.8, 4) is 0 Å². The fraction of sp³-hybridized carbons (Fsp3) is 0.909. The van der Waals surface area contributed by atoms with Crippen molar-refractivity contribution in [3.63, 3.8) is 0 Å². The van der Waals surface area contributed by atoms with E-state index in [4.69, 9.17) is 5.73 Å². The zero-order valence-electron chi connectivity index (χ0n) is 9.24. The summed E-state index contributed by atoms with van der Waals surface area (Å²) >= 11 is 0. The van der Waals surface area contributed by atoms with E-state index in [0.717, 1.165) is 32.5 Å². The molecular weight excluding hydrogens is 190 g/mol. The fourth-order valence-corrected chi connectivity index (χ4v) is 2.73. The summed E-state index contributed by atoms with van der Waals surface area (Å²) in [5.74, 6) is -0.146. The molecule has 2 aliphatic rings. The summed E-state index contributed by atoms with van der Waals surface area (Å²) in [5, 5.41) is 3.47. The Morgan fingerprint density at radius 2 is 2.20 bits per heavy atom. The molecule has 1 amide bonds. The van der Waals surface area contributed by atoms with Gasteiger partial charge in [-0.15, -0.1) is 0 Å². The summed E-state index contributed by atoms with van der Waals surface area (Å²) < 4.78 is 0. The third kappa shape index (κ3) is 2.69. The largest absolute Gasteiger partial charge is 0.368 e. The van der Waals surface area contributed by atoms with Gasteiger partial charge in [-0.05, 0) is 38.8 Å². The lowest BCUT2D eigenvalue weighted by Crippen LogP contribution is -2.51. The molecule has 2 atom stereocenters. The maximum Gasteiger partial charge on any atom is 0.234 e. The molecule has 0 aliphatic carbocycles. The number of nitrogens with zero attached hydrogens (tertiary/aromatic N) is 1. The molecule has 4 nitrogen and oxygen atoms in total. The third-order valence-electron chi connectivity index (χ3n) is 3.56. The van der Waals surface area contributed by atoms with E-state index in [2.05, 4.69) is 10.2 Å². The predicted octanol–water partition coefficient (Wildman–Crippen LogP) is 0.0782. The summed E-state index contributed by atoms with van der Waals surface area (Å²) in [6, 6.07) is 0.561. The number of amides is 1. The first-order chi connectivity index (χ1) is 7.27. The van der Waals surface area contributed by atoms with E-state index >= 15 is 0 Å². The van der Waals surface area contributed by atoms with Gasteiger partial charge in [0.2, 0.25) is 5.91 Å². The van der Waals surface area contributed by atoms with Crippen molar-refractivity contribution in [3.05, 3.63) is 0 Å². The fourth-order valence-electron chi connectivity index (χ4n) is 2.73. The molecule has 0 aromatic heterocycles. The van der Waals surface area contributed by atoms with Crippen molar-refractivity contribution in [2.45, 2.75) is 44.2 Å². The lowest BCUT2D eigenvalue weighted by atomic mass is 10.0. The highest BCUT2D eigenvalue weighted by Crippen LogP contribution is 2.18. The van der Waals surface area contributed by atoms with Gasteiger partial charge in [-0.3, -0.25) is 9.69 Å². The molecule has 15 heavy (non-hydrogen) atoms. The van der Waals surface area contributed by atoms with Gasteiger partial charge in [0.05, 0.1) is 6.04 Å². The Morgan fingerprint density at radius 3 is 2.87 bits per heavy atom. The molecule has 2 fully saturated rings. The Balaban J connectivity index is 1.89. The van der Waals surface area contributed by atoms with Gasteiger partial charge >= 0.3 is 0 Å². The molecule has 4 heteroatoms. The van der Waals surface area contributed by atoms with E-state index in [0.29, 0.717) is 6.04 Å². The number of carbonyl (C=O) groups is 1. The Kier molecular flexibility index (Phi) is 3.59. The monoisotopic (exact) mass is 211 g/mol. The first-order valence-corrected chi connectivity index (χ1v) is 6.04. The van der Waals surface area contributed by atoms with Crippen LogP contribution < -0.4 is 11.1 Å². The van der Waals surface area contributed by atoms with E-state index in [1.807, 2.05) is 0 Å². The first kappa shape index (κ1) is 10.9. The SMILES string of the molecule is NC(=O)C1CCCCN1CC1CCCN1. The van der Waals surface area contributed by atoms with Gasteiger partial charge in [0.1, 0.15) is 0 Å². The number of rotatable bonds is 3. The van der Waals surface area contributed by atoms with Crippen LogP contribution in [-0.4, -0.2) is 42.5 Å². The molecule has 0 spiro atoms. The van der Waals surface area contributed by atoms with Crippen molar-refractivity contribution in [1.29, 1.82) is 0 Å². The number of piperidine rings is 1. The average Bonchev–Trinajstić information content (AvgIpc) is 2.71. The second kappa shape index (κ2) is 4.94. The molecule has 0 radical (unpaired) electrons. The van der Waals surface area contributed by atoms with Crippen LogP contribution in [0, 0.1) is 0 Å². The number of hydrogen-bond acceptors (Lipinski definition) is 3. The summed E-state index contributed by atoms with van der Waals surface area (Å²) in [7, 11) is 0. The standard InChI is InChI=1S/C11H21N3O/c12-11(15)10-5-1-2-7-14(10)8-9-4-3-6-13-9/h9-10,13H,1-8H2,(H2,12,15). The summed E-state index contributed by atoms with van der Waals surface area (Å²) in [5.41, 5.74) is 5.43. The van der Waals surface area contributed by atoms with E-state index in [-0.39, 0.29) is 11.9 Å². The van der Waals surface area contributed by atoms with Crippen LogP contribution in [0.2, 0.25) is 0 Å². The lowest BCUT2D eigenvalue weighted by Gasteiger charge is -2.35. The lowest BCUT2D eigenvalue weighted by molar-refractivity contribution is -0.124. The summed E-state index contributed by atoms with van der Waals surface area (Å²) in [6.07, 6.45) is 5.79. The van der Waals surface area contributed by atoms with Gasteiger partial charge in [0.15, 0.2) is 0 Å². The van der Waals surface area contributed by atoms with Gasteiger partial charge < -0.3 is 11.1 Å². The number of likely N-dealkylation sites (tertiary alicyclic amines) is 1. The van der Waals surface area contributed by atoms with Gasteiger partial charge in [-0.1, -0.05) is 6.42 Å². The second-order valence-corrected chi connectivity index (χ2v) is 4.70. The Morgan fingerprint density at radius 1 is 1.33 bits per heavy atom. The third-order valence-corrected chi connectivity index (χ3v) is 3.56. The molecule has 3 N–H and O–H groups in total. The van der Waals surface area contributed by atoms with Gasteiger partial charge in [0.25, 0.3) is 0 Å². The van der Waals surface area contributed by atoms with Crippen LogP contribution in [0.1, 0.15) is 32.1 Å². The van der Waals surface area contributed by atoms with Gasteiger partial charge in [-0.25, -0.2) is 0 Å². The van der Waals surface area contributed by atoms with Crippen LogP contribution in [-0.2, 0) is 4.79 Å². The highest BCUT2D eigenvalue weighted by atomic mass is 16.1. The maximum absolute atomic E-state index is 11.3. The number of carbonyl (C=O) groups excluding carboxylic acids is 1. The van der Waals surface area contributed by atoms with Crippen molar-refractivity contribution in [2.24, 2.45) is 5.73 Å². The highest BCUT2D eigenvalue weighted by molar-refractivity contribution is 5.79. The zero-order valence-corrected chi connectivity index (χ0v) is 9.24. The van der Waals surface area contributed by atoms with Crippen molar-refractivity contribution < 1.29 is 4.79 Å². The minimum absolute atomic E-state index is 0.0128. The molecule has 0 bridgehead atoms. The van der Waals surface area contributed by atoms with E-state index in [1.165, 1.54) is 19.3 Å². The molecule has 0 aromatic carbocycles. The van der Waals surface area contributed by atoms with Crippen LogP contribution in [0.5, 0.6) is 0 Å². The number of primary amides is 1. The average molecular weight is 211 g/mol. The molecular formula is C11H21N3O. The zero-order chi connectivity index (χ0) is 10.7. The number of nitrogens with one attached hydrogen (secondary N) is 1. The molecule has 0 aromatic rings. The topological polar surface area (TPSA) is 58.4 Å². The Bertz CT molecular complexity index is 226. The quantitative estimate of drug-likeness (QED) is 0.695. The van der Waals surface area contributed by atoms with E-state index in [9.17, 15) is 4.79 Å². The van der Waals surface area contributed by atoms with E-state index < -0.39 is 0 Å². The highest BCUT2D eigenvalue weighted by Gasteiger charge is 2.29. The minimum Gasteiger partial charge on any atom is -0.368 e. The van der Waals surface area contributed by atoms with Crippen LogP contribution in [0.4, 0.5) is 0 Å². The van der Waals surface area contributed by atoms with Crippen LogP contribution in [0.15, 0.2) is 0 Å². The predicted molar refractivity (Wildman–Crippen MR) is 59.4 cm³/mol. The minimum atomic E-state index is -0.146. The Labute approximate surface area is 91.2 Å². The maximum atomic E-state index is 11.3. The van der Waals surface area contributed by atoms with Crippen molar-refractivity contribution in [2.75, 3.05) is 19.6 Å². The molecule has 2 rings (SSSR count). The molecule has 86 valence electrons. The molecule has 2 heterocycles. The molecule has 2 aliphatic heterocycles. The van der Waals surface area contributed by atoms with Gasteiger partial charge in [-0.2, -0.15) is 0 Å².